The van der Waals surface area contributed by atoms with E-state index in [1.807, 2.05) is 0 Å². The number of hydroxylamine groups is 1. The van der Waals surface area contributed by atoms with Crippen LogP contribution in [0.4, 0.5) is 8.78 Å². The number of aliphatic hydroxyl groups is 1. The van der Waals surface area contributed by atoms with Gasteiger partial charge in [-0.1, -0.05) is 45.0 Å². The monoisotopic (exact) mass is 562 g/mol. The van der Waals surface area contributed by atoms with Gasteiger partial charge in [0.15, 0.2) is 0 Å². The highest BCUT2D eigenvalue weighted by Gasteiger charge is 2.38. The minimum atomic E-state index is -0.978. The average molecular weight is 563 g/mol. The Morgan fingerprint density at radius 3 is 2.42 bits per heavy atom. The van der Waals surface area contributed by atoms with E-state index in [0.717, 1.165) is 37.3 Å². The lowest BCUT2D eigenvalue weighted by molar-refractivity contribution is -0.124. The largest absolute Gasteiger partial charge is 0.391 e. The Kier molecular flexibility index (Phi) is 11.6. The molecule has 0 saturated heterocycles. The highest BCUT2D eigenvalue weighted by atomic mass is 19.1. The number of carbonyl (C=O) groups is 1. The SMILES string of the molecule is CONC1CCC(NC[C@H](O)[C@H](CC(=O)NCON)Cc2cc(F)cc(F)c2)(c2cccc(C(C)(C)C)c2)CC1. The van der Waals surface area contributed by atoms with E-state index < -0.39 is 29.2 Å². The molecule has 222 valence electrons. The predicted octanol–water partition coefficient (Wildman–Crippen LogP) is 3.71. The molecule has 1 fully saturated rings. The van der Waals surface area contributed by atoms with E-state index in [9.17, 15) is 18.7 Å². The summed E-state index contributed by atoms with van der Waals surface area (Å²) in [6, 6.07) is 12.0. The fraction of sp³-hybridized carbons (Fsp3) is 0.567. The summed E-state index contributed by atoms with van der Waals surface area (Å²) in [6.45, 7) is 6.53. The molecule has 0 aliphatic heterocycles. The van der Waals surface area contributed by atoms with Gasteiger partial charge in [-0.25, -0.2) is 14.7 Å². The Balaban J connectivity index is 1.84. The number of nitrogens with one attached hydrogen (secondary N) is 3. The van der Waals surface area contributed by atoms with Gasteiger partial charge in [-0.3, -0.25) is 9.63 Å². The Labute approximate surface area is 235 Å². The zero-order valence-electron chi connectivity index (χ0n) is 23.9. The fourth-order valence-corrected chi connectivity index (χ4v) is 5.52. The average Bonchev–Trinajstić information content (AvgIpc) is 2.90. The lowest BCUT2D eigenvalue weighted by Crippen LogP contribution is -2.51. The van der Waals surface area contributed by atoms with Gasteiger partial charge >= 0.3 is 0 Å². The number of hydrogen-bond acceptors (Lipinski definition) is 7. The van der Waals surface area contributed by atoms with Crippen molar-refractivity contribution in [2.75, 3.05) is 20.4 Å². The summed E-state index contributed by atoms with van der Waals surface area (Å²) in [5, 5.41) is 17.5. The topological polar surface area (TPSA) is 118 Å². The Morgan fingerprint density at radius 2 is 1.82 bits per heavy atom. The van der Waals surface area contributed by atoms with Gasteiger partial charge in [-0.05, 0) is 72.3 Å². The van der Waals surface area contributed by atoms with Crippen molar-refractivity contribution in [3.63, 3.8) is 0 Å². The zero-order valence-corrected chi connectivity index (χ0v) is 23.9. The minimum Gasteiger partial charge on any atom is -0.391 e. The van der Waals surface area contributed by atoms with Crippen LogP contribution in [-0.4, -0.2) is 43.5 Å². The van der Waals surface area contributed by atoms with Crippen LogP contribution in [0.1, 0.15) is 69.6 Å². The van der Waals surface area contributed by atoms with Gasteiger partial charge in [-0.2, -0.15) is 5.48 Å². The molecule has 0 bridgehead atoms. The van der Waals surface area contributed by atoms with E-state index in [4.69, 9.17) is 10.7 Å². The normalized spacial score (nSPS) is 21.1. The summed E-state index contributed by atoms with van der Waals surface area (Å²) in [4.78, 5) is 22.1. The van der Waals surface area contributed by atoms with Crippen LogP contribution in [0.3, 0.4) is 0 Å². The van der Waals surface area contributed by atoms with Crippen molar-refractivity contribution in [3.05, 3.63) is 70.8 Å². The second-order valence-corrected chi connectivity index (χ2v) is 11.8. The smallest absolute Gasteiger partial charge is 0.222 e. The van der Waals surface area contributed by atoms with Crippen molar-refractivity contribution in [3.8, 4) is 0 Å². The molecule has 1 aliphatic carbocycles. The van der Waals surface area contributed by atoms with Gasteiger partial charge < -0.3 is 20.6 Å². The van der Waals surface area contributed by atoms with E-state index in [2.05, 4.69) is 66.0 Å². The van der Waals surface area contributed by atoms with Crippen LogP contribution in [0, 0.1) is 17.6 Å². The first-order valence-corrected chi connectivity index (χ1v) is 13.8. The molecule has 2 atom stereocenters. The molecule has 40 heavy (non-hydrogen) atoms. The molecule has 10 heteroatoms. The molecule has 1 aliphatic rings. The molecule has 0 aromatic heterocycles. The van der Waals surface area contributed by atoms with Crippen molar-refractivity contribution in [1.29, 1.82) is 0 Å². The molecule has 3 rings (SSSR count). The molecule has 0 heterocycles. The lowest BCUT2D eigenvalue weighted by Gasteiger charge is -2.43. The van der Waals surface area contributed by atoms with Crippen LogP contribution < -0.4 is 22.0 Å². The lowest BCUT2D eigenvalue weighted by atomic mass is 9.73. The second-order valence-electron chi connectivity index (χ2n) is 11.8. The molecule has 2 aromatic rings. The zero-order chi connectivity index (χ0) is 29.3. The Morgan fingerprint density at radius 1 is 1.15 bits per heavy atom. The molecule has 1 saturated carbocycles. The number of benzene rings is 2. The summed E-state index contributed by atoms with van der Waals surface area (Å²) < 4.78 is 27.8. The van der Waals surface area contributed by atoms with Crippen molar-refractivity contribution in [1.82, 2.24) is 16.1 Å². The summed E-state index contributed by atoms with van der Waals surface area (Å²) in [6.07, 6.45) is 2.41. The van der Waals surface area contributed by atoms with Crippen LogP contribution >= 0.6 is 0 Å². The van der Waals surface area contributed by atoms with E-state index in [-0.39, 0.29) is 43.5 Å². The molecular weight excluding hydrogens is 518 g/mol. The van der Waals surface area contributed by atoms with Crippen LogP contribution in [0.25, 0.3) is 0 Å². The van der Waals surface area contributed by atoms with Gasteiger partial charge in [-0.15, -0.1) is 0 Å². The first-order valence-electron chi connectivity index (χ1n) is 13.8. The van der Waals surface area contributed by atoms with E-state index in [1.165, 1.54) is 17.7 Å². The molecular formula is C30H44F2N4O4. The van der Waals surface area contributed by atoms with E-state index in [0.29, 0.717) is 5.56 Å². The second kappa shape index (κ2) is 14.4. The molecule has 6 N–H and O–H groups in total. The van der Waals surface area contributed by atoms with Crippen molar-refractivity contribution in [2.45, 2.75) is 82.4 Å². The number of hydrogen-bond donors (Lipinski definition) is 5. The minimum absolute atomic E-state index is 0.0303. The first-order chi connectivity index (χ1) is 19.0. The quantitative estimate of drug-likeness (QED) is 0.187. The van der Waals surface area contributed by atoms with E-state index >= 15 is 0 Å². The highest BCUT2D eigenvalue weighted by molar-refractivity contribution is 5.76. The van der Waals surface area contributed by atoms with Crippen LogP contribution in [0.2, 0.25) is 0 Å². The van der Waals surface area contributed by atoms with E-state index in [1.54, 1.807) is 7.11 Å². The number of aliphatic hydroxyl groups excluding tert-OH is 1. The number of halogens is 2. The molecule has 0 spiro atoms. The Bertz CT molecular complexity index is 1080. The predicted molar refractivity (Wildman–Crippen MR) is 150 cm³/mol. The van der Waals surface area contributed by atoms with Gasteiger partial charge in [0.25, 0.3) is 0 Å². The number of amides is 1. The highest BCUT2D eigenvalue weighted by Crippen LogP contribution is 2.39. The number of nitrogens with two attached hydrogens (primary N) is 1. The standard InChI is InChI=1S/C30H44F2N4O4/c1-29(2,3)22-6-5-7-23(16-22)30(10-8-26(9-11-30)36-39-4)35-18-27(37)21(15-28(38)34-19-40-33)12-20-13-24(31)17-25(32)14-20/h5-7,13-14,16-17,21,26-27,35-37H,8-12,15,18-19,33H2,1-4H3,(H,34,38)/t21-,26?,27-,30?/m0/s1. The third-order valence-electron chi connectivity index (χ3n) is 7.82. The maximum absolute atomic E-state index is 13.9. The molecule has 2 aromatic carbocycles. The Hall–Kier alpha value is -2.47. The van der Waals surface area contributed by atoms with Crippen LogP contribution in [0.5, 0.6) is 0 Å². The maximum atomic E-state index is 13.9. The van der Waals surface area contributed by atoms with Crippen LogP contribution in [-0.2, 0) is 31.8 Å². The molecule has 0 unspecified atom stereocenters. The van der Waals surface area contributed by atoms with Crippen molar-refractivity contribution in [2.24, 2.45) is 11.8 Å². The molecule has 8 nitrogen and oxygen atoms in total. The summed E-state index contributed by atoms with van der Waals surface area (Å²) in [7, 11) is 1.61. The van der Waals surface area contributed by atoms with Gasteiger partial charge in [0, 0.05) is 30.6 Å². The van der Waals surface area contributed by atoms with Crippen molar-refractivity contribution < 1.29 is 28.4 Å². The van der Waals surface area contributed by atoms with Gasteiger partial charge in [0.05, 0.1) is 13.2 Å². The third kappa shape index (κ3) is 9.02. The summed E-state index contributed by atoms with van der Waals surface area (Å²) >= 11 is 0. The van der Waals surface area contributed by atoms with Crippen molar-refractivity contribution >= 4 is 5.91 Å². The molecule has 1 amide bonds. The van der Waals surface area contributed by atoms with Gasteiger partial charge in [0.1, 0.15) is 18.4 Å². The van der Waals surface area contributed by atoms with Crippen LogP contribution in [0.15, 0.2) is 42.5 Å². The number of carbonyl (C=O) groups excluding carboxylic acids is 1. The third-order valence-corrected chi connectivity index (χ3v) is 7.82. The van der Waals surface area contributed by atoms with Gasteiger partial charge in [0.2, 0.25) is 5.91 Å². The summed E-state index contributed by atoms with van der Waals surface area (Å²) in [5.41, 5.74) is 5.35. The molecule has 0 radical (unpaired) electrons. The number of rotatable bonds is 13. The summed E-state index contributed by atoms with van der Waals surface area (Å²) in [5.74, 6) is 2.61. The maximum Gasteiger partial charge on any atom is 0.222 e. The fourth-order valence-electron chi connectivity index (χ4n) is 5.52. The first kappa shape index (κ1) is 32.0.